The van der Waals surface area contributed by atoms with E-state index < -0.39 is 5.91 Å². The van der Waals surface area contributed by atoms with Gasteiger partial charge in [-0.2, -0.15) is 4.98 Å². The highest BCUT2D eigenvalue weighted by molar-refractivity contribution is 5.93. The molecule has 0 saturated heterocycles. The summed E-state index contributed by atoms with van der Waals surface area (Å²) in [6, 6.07) is 22.8. The van der Waals surface area contributed by atoms with Crippen LogP contribution in [-0.4, -0.2) is 20.5 Å². The summed E-state index contributed by atoms with van der Waals surface area (Å²) in [5.74, 6) is 0.0279. The number of nitrogens with one attached hydrogen (secondary N) is 1. The van der Waals surface area contributed by atoms with Gasteiger partial charge in [-0.25, -0.2) is 4.52 Å². The Morgan fingerprint density at radius 3 is 2.40 bits per heavy atom. The van der Waals surface area contributed by atoms with Crippen LogP contribution in [-0.2, 0) is 0 Å². The van der Waals surface area contributed by atoms with Crippen molar-refractivity contribution in [2.75, 3.05) is 5.32 Å². The van der Waals surface area contributed by atoms with Crippen LogP contribution in [0.2, 0.25) is 0 Å². The smallest absolute Gasteiger partial charge is 0.248 e. The van der Waals surface area contributed by atoms with Crippen LogP contribution < -0.4 is 11.1 Å². The second-order valence-corrected chi connectivity index (χ2v) is 5.55. The largest absolute Gasteiger partial charge is 0.366 e. The number of rotatable bonds is 4. The topological polar surface area (TPSA) is 85.3 Å². The van der Waals surface area contributed by atoms with E-state index in [2.05, 4.69) is 15.4 Å². The van der Waals surface area contributed by atoms with Crippen LogP contribution in [0.15, 0.2) is 72.8 Å². The summed E-state index contributed by atoms with van der Waals surface area (Å²) in [4.78, 5) is 15.6. The molecule has 6 nitrogen and oxygen atoms in total. The van der Waals surface area contributed by atoms with Gasteiger partial charge in [-0.05, 0) is 36.4 Å². The highest BCUT2D eigenvalue weighted by Gasteiger charge is 2.09. The molecule has 0 atom stereocenters. The predicted octanol–water partition coefficient (Wildman–Crippen LogP) is 3.24. The maximum absolute atomic E-state index is 11.1. The van der Waals surface area contributed by atoms with Crippen molar-refractivity contribution < 1.29 is 4.79 Å². The van der Waals surface area contributed by atoms with Crippen molar-refractivity contribution >= 4 is 23.2 Å². The van der Waals surface area contributed by atoms with Gasteiger partial charge in [0.25, 0.3) is 0 Å². The number of amides is 1. The van der Waals surface area contributed by atoms with Crippen LogP contribution in [0.1, 0.15) is 10.4 Å². The minimum Gasteiger partial charge on any atom is -0.366 e. The number of anilines is 2. The molecule has 122 valence electrons. The van der Waals surface area contributed by atoms with Crippen molar-refractivity contribution in [1.29, 1.82) is 0 Å². The van der Waals surface area contributed by atoms with Crippen LogP contribution in [0.5, 0.6) is 0 Å². The van der Waals surface area contributed by atoms with Crippen molar-refractivity contribution in [2.24, 2.45) is 5.73 Å². The molecule has 25 heavy (non-hydrogen) atoms. The molecule has 6 heteroatoms. The molecule has 0 aliphatic heterocycles. The number of pyridine rings is 1. The number of hydrogen-bond donors (Lipinski definition) is 2. The molecule has 0 aliphatic carbocycles. The summed E-state index contributed by atoms with van der Waals surface area (Å²) in [5.41, 5.74) is 9.26. The Hall–Kier alpha value is -3.67. The fraction of sp³-hybridized carbons (Fsp3) is 0. The van der Waals surface area contributed by atoms with Crippen molar-refractivity contribution in [3.05, 3.63) is 78.4 Å². The average molecular weight is 329 g/mol. The van der Waals surface area contributed by atoms with E-state index in [4.69, 9.17) is 5.73 Å². The molecule has 0 unspecified atom stereocenters. The summed E-state index contributed by atoms with van der Waals surface area (Å²) in [6.07, 6.45) is 0. The van der Waals surface area contributed by atoms with E-state index in [1.165, 1.54) is 0 Å². The third kappa shape index (κ3) is 2.92. The minimum atomic E-state index is -0.454. The lowest BCUT2D eigenvalue weighted by atomic mass is 10.1. The maximum Gasteiger partial charge on any atom is 0.248 e. The number of benzene rings is 2. The Labute approximate surface area is 143 Å². The first-order chi connectivity index (χ1) is 12.2. The van der Waals surface area contributed by atoms with Gasteiger partial charge >= 0.3 is 0 Å². The zero-order valence-corrected chi connectivity index (χ0v) is 13.3. The number of aromatic nitrogens is 3. The van der Waals surface area contributed by atoms with Crippen LogP contribution in [0.3, 0.4) is 0 Å². The average Bonchev–Trinajstić information content (AvgIpc) is 3.05. The van der Waals surface area contributed by atoms with Crippen molar-refractivity contribution in [1.82, 2.24) is 14.6 Å². The Balaban J connectivity index is 1.69. The van der Waals surface area contributed by atoms with Gasteiger partial charge in [-0.3, -0.25) is 4.79 Å². The zero-order valence-electron chi connectivity index (χ0n) is 13.3. The Morgan fingerprint density at radius 1 is 0.920 bits per heavy atom. The molecule has 2 aromatic heterocycles. The number of carbonyl (C=O) groups excluding carboxylic acids is 1. The van der Waals surface area contributed by atoms with Gasteiger partial charge in [-0.15, -0.1) is 5.10 Å². The van der Waals surface area contributed by atoms with Gasteiger partial charge in [0.2, 0.25) is 11.9 Å². The quantitative estimate of drug-likeness (QED) is 0.602. The van der Waals surface area contributed by atoms with Crippen LogP contribution in [0.25, 0.3) is 16.9 Å². The predicted molar refractivity (Wildman–Crippen MR) is 96.7 cm³/mol. The lowest BCUT2D eigenvalue weighted by Gasteiger charge is -2.03. The standard InChI is InChI=1S/C19H15N5O/c20-18(25)14-9-11-15(12-10-14)21-19-22-17-8-4-7-16(24(17)23-19)13-5-2-1-3-6-13/h1-12H,(H2,20,25)(H,21,23). The molecule has 1 amide bonds. The number of carbonyl (C=O) groups is 1. The molecule has 0 aliphatic rings. The number of fused-ring (bicyclic) bond motifs is 1. The van der Waals surface area contributed by atoms with Crippen molar-refractivity contribution in [3.8, 4) is 11.3 Å². The monoisotopic (exact) mass is 329 g/mol. The van der Waals surface area contributed by atoms with E-state index in [0.717, 1.165) is 22.6 Å². The summed E-state index contributed by atoms with van der Waals surface area (Å²) < 4.78 is 1.80. The molecular weight excluding hydrogens is 314 g/mol. The van der Waals surface area contributed by atoms with E-state index in [9.17, 15) is 4.79 Å². The zero-order chi connectivity index (χ0) is 17.2. The molecule has 0 fully saturated rings. The Bertz CT molecular complexity index is 1040. The lowest BCUT2D eigenvalue weighted by Crippen LogP contribution is -2.10. The number of nitrogens with two attached hydrogens (primary N) is 1. The molecule has 2 aromatic carbocycles. The normalized spacial score (nSPS) is 10.7. The SMILES string of the molecule is NC(=O)c1ccc(Nc2nc3cccc(-c4ccccc4)n3n2)cc1. The molecule has 3 N–H and O–H groups in total. The summed E-state index contributed by atoms with van der Waals surface area (Å²) in [5, 5.41) is 7.69. The third-order valence-corrected chi connectivity index (χ3v) is 3.85. The fourth-order valence-corrected chi connectivity index (χ4v) is 2.63. The Kier molecular flexibility index (Phi) is 3.63. The molecule has 0 bridgehead atoms. The van der Waals surface area contributed by atoms with Gasteiger partial charge in [0, 0.05) is 16.8 Å². The van der Waals surface area contributed by atoms with E-state index in [-0.39, 0.29) is 0 Å². The van der Waals surface area contributed by atoms with Crippen LogP contribution in [0, 0.1) is 0 Å². The molecule has 4 rings (SSSR count). The first-order valence-corrected chi connectivity index (χ1v) is 7.79. The first-order valence-electron chi connectivity index (χ1n) is 7.79. The number of primary amides is 1. The van der Waals surface area contributed by atoms with Crippen LogP contribution in [0.4, 0.5) is 11.6 Å². The van der Waals surface area contributed by atoms with Gasteiger partial charge < -0.3 is 11.1 Å². The molecule has 0 radical (unpaired) electrons. The van der Waals surface area contributed by atoms with Crippen molar-refractivity contribution in [3.63, 3.8) is 0 Å². The first kappa shape index (κ1) is 14.9. The van der Waals surface area contributed by atoms with Crippen molar-refractivity contribution in [2.45, 2.75) is 0 Å². The van der Waals surface area contributed by atoms with E-state index in [1.807, 2.05) is 48.5 Å². The summed E-state index contributed by atoms with van der Waals surface area (Å²) in [7, 11) is 0. The molecule has 2 heterocycles. The second kappa shape index (κ2) is 6.09. The Morgan fingerprint density at radius 2 is 1.68 bits per heavy atom. The lowest BCUT2D eigenvalue weighted by molar-refractivity contribution is 0.100. The van der Waals surface area contributed by atoms with Gasteiger partial charge in [0.1, 0.15) is 0 Å². The summed E-state index contributed by atoms with van der Waals surface area (Å²) in [6.45, 7) is 0. The van der Waals surface area contributed by atoms with E-state index >= 15 is 0 Å². The highest BCUT2D eigenvalue weighted by Crippen LogP contribution is 2.21. The molecule has 4 aromatic rings. The minimum absolute atomic E-state index is 0.454. The highest BCUT2D eigenvalue weighted by atomic mass is 16.1. The summed E-state index contributed by atoms with van der Waals surface area (Å²) >= 11 is 0. The van der Waals surface area contributed by atoms with Crippen LogP contribution >= 0.6 is 0 Å². The van der Waals surface area contributed by atoms with Gasteiger partial charge in [0.15, 0.2) is 5.65 Å². The second-order valence-electron chi connectivity index (χ2n) is 5.55. The molecule has 0 spiro atoms. The number of hydrogen-bond acceptors (Lipinski definition) is 4. The molecule has 0 saturated carbocycles. The van der Waals surface area contributed by atoms with Gasteiger partial charge in [-0.1, -0.05) is 36.4 Å². The molecular formula is C19H15N5O. The maximum atomic E-state index is 11.1. The fourth-order valence-electron chi connectivity index (χ4n) is 2.63. The van der Waals surface area contributed by atoms with E-state index in [1.54, 1.807) is 28.8 Å². The number of nitrogens with zero attached hydrogens (tertiary/aromatic N) is 3. The third-order valence-electron chi connectivity index (χ3n) is 3.85. The van der Waals surface area contributed by atoms with E-state index in [0.29, 0.717) is 11.5 Å². The van der Waals surface area contributed by atoms with Gasteiger partial charge in [0.05, 0.1) is 5.69 Å².